The molecule has 4 heterocycles. The third kappa shape index (κ3) is 5.64. The van der Waals surface area contributed by atoms with Gasteiger partial charge in [0.25, 0.3) is 12.3 Å². The van der Waals surface area contributed by atoms with Crippen molar-refractivity contribution in [3.8, 4) is 11.3 Å². The molecule has 7 nitrogen and oxygen atoms in total. The first kappa shape index (κ1) is 22.4. The van der Waals surface area contributed by atoms with Crippen molar-refractivity contribution >= 4 is 5.91 Å². The molecule has 4 rings (SSSR count). The third-order valence-corrected chi connectivity index (χ3v) is 4.54. The standard InChI is InChI=1S/C13H12F3N3.C6H7F2N3O/c14-13(15,16)12-7-9(4-5-17-12)11-8-10-3-1-2-6-19(10)18-11;7-5(8)3-11-4(6(9)12)1-2-10-11/h4-5,7-8H,1-3,6H2;1-2,5H,3H2,(H2,9,12). The molecule has 0 saturated carbocycles. The zero-order chi connectivity index (χ0) is 22.6. The quantitative estimate of drug-likeness (QED) is 0.626. The van der Waals surface area contributed by atoms with Crippen LogP contribution in [0.5, 0.6) is 0 Å². The number of pyridine rings is 1. The number of halogens is 5. The maximum Gasteiger partial charge on any atom is 0.433 e. The second-order valence-corrected chi connectivity index (χ2v) is 6.78. The number of carbonyl (C=O) groups is 1. The van der Waals surface area contributed by atoms with E-state index in [4.69, 9.17) is 5.73 Å². The van der Waals surface area contributed by atoms with Crippen LogP contribution in [0.1, 0.15) is 34.7 Å². The van der Waals surface area contributed by atoms with Crippen molar-refractivity contribution in [2.45, 2.75) is 45.0 Å². The van der Waals surface area contributed by atoms with Gasteiger partial charge in [-0.15, -0.1) is 0 Å². The number of fused-ring (bicyclic) bond motifs is 1. The van der Waals surface area contributed by atoms with Crippen LogP contribution >= 0.6 is 0 Å². The molecule has 3 aromatic heterocycles. The minimum absolute atomic E-state index is 0.00435. The first-order valence-corrected chi connectivity index (χ1v) is 9.35. The van der Waals surface area contributed by atoms with Crippen molar-refractivity contribution in [1.29, 1.82) is 0 Å². The lowest BCUT2D eigenvalue weighted by Gasteiger charge is -2.11. The lowest BCUT2D eigenvalue weighted by atomic mass is 10.1. The van der Waals surface area contributed by atoms with Crippen LogP contribution in [0.2, 0.25) is 0 Å². The molecule has 0 fully saturated rings. The fourth-order valence-corrected chi connectivity index (χ4v) is 3.12. The van der Waals surface area contributed by atoms with Crippen LogP contribution in [0, 0.1) is 0 Å². The summed E-state index contributed by atoms with van der Waals surface area (Å²) in [5, 5.41) is 7.88. The SMILES string of the molecule is FC(F)(F)c1cc(-c2cc3n(n2)CCCC3)ccn1.NC(=O)c1ccnn1CC(F)F. The van der Waals surface area contributed by atoms with Gasteiger partial charge in [0.05, 0.1) is 5.69 Å². The van der Waals surface area contributed by atoms with Crippen LogP contribution in [0.3, 0.4) is 0 Å². The number of aryl methyl sites for hydroxylation is 2. The highest BCUT2D eigenvalue weighted by atomic mass is 19.4. The summed E-state index contributed by atoms with van der Waals surface area (Å²) in [4.78, 5) is 13.9. The van der Waals surface area contributed by atoms with E-state index in [1.54, 1.807) is 6.07 Å². The summed E-state index contributed by atoms with van der Waals surface area (Å²) in [5.41, 5.74) is 6.15. The predicted molar refractivity (Wildman–Crippen MR) is 100 cm³/mol. The Hall–Kier alpha value is -3.31. The van der Waals surface area contributed by atoms with E-state index in [9.17, 15) is 26.7 Å². The number of nitrogens with two attached hydrogens (primary N) is 1. The molecule has 0 aromatic carbocycles. The van der Waals surface area contributed by atoms with Gasteiger partial charge in [0.2, 0.25) is 0 Å². The van der Waals surface area contributed by atoms with Crippen LogP contribution in [0.4, 0.5) is 22.0 Å². The Bertz CT molecular complexity index is 1020. The van der Waals surface area contributed by atoms with Crippen molar-refractivity contribution in [3.05, 3.63) is 53.7 Å². The maximum atomic E-state index is 12.6. The zero-order valence-corrected chi connectivity index (χ0v) is 16.2. The van der Waals surface area contributed by atoms with E-state index in [2.05, 4.69) is 15.2 Å². The lowest BCUT2D eigenvalue weighted by Crippen LogP contribution is -2.20. The van der Waals surface area contributed by atoms with Crippen LogP contribution in [0.15, 0.2) is 36.7 Å². The molecular weight excluding hydrogens is 423 g/mol. The van der Waals surface area contributed by atoms with Crippen molar-refractivity contribution in [2.24, 2.45) is 5.73 Å². The van der Waals surface area contributed by atoms with Gasteiger partial charge in [-0.3, -0.25) is 19.1 Å². The van der Waals surface area contributed by atoms with Gasteiger partial charge in [-0.2, -0.15) is 23.4 Å². The van der Waals surface area contributed by atoms with E-state index in [0.717, 1.165) is 42.2 Å². The second-order valence-electron chi connectivity index (χ2n) is 6.78. The Morgan fingerprint density at radius 3 is 2.58 bits per heavy atom. The number of aromatic nitrogens is 5. The van der Waals surface area contributed by atoms with Gasteiger partial charge >= 0.3 is 6.18 Å². The van der Waals surface area contributed by atoms with E-state index in [1.807, 2.05) is 10.7 Å². The Balaban J connectivity index is 0.000000196. The molecule has 0 bridgehead atoms. The van der Waals surface area contributed by atoms with Crippen LogP contribution in [-0.4, -0.2) is 36.9 Å². The minimum atomic E-state index is -4.42. The number of alkyl halides is 5. The van der Waals surface area contributed by atoms with Crippen molar-refractivity contribution < 1.29 is 26.7 Å². The van der Waals surface area contributed by atoms with Gasteiger partial charge < -0.3 is 5.73 Å². The number of amides is 1. The van der Waals surface area contributed by atoms with Gasteiger partial charge in [0.15, 0.2) is 0 Å². The summed E-state index contributed by atoms with van der Waals surface area (Å²) in [7, 11) is 0. The van der Waals surface area contributed by atoms with Gasteiger partial charge in [0, 0.05) is 30.2 Å². The molecule has 1 amide bonds. The summed E-state index contributed by atoms with van der Waals surface area (Å²) >= 11 is 0. The Morgan fingerprint density at radius 2 is 1.94 bits per heavy atom. The molecule has 2 N–H and O–H groups in total. The van der Waals surface area contributed by atoms with Gasteiger partial charge in [-0.05, 0) is 43.5 Å². The topological polar surface area (TPSA) is 91.6 Å². The van der Waals surface area contributed by atoms with Gasteiger partial charge in [-0.1, -0.05) is 0 Å². The number of hydrogen-bond acceptors (Lipinski definition) is 4. The Morgan fingerprint density at radius 1 is 1.16 bits per heavy atom. The normalized spacial score (nSPS) is 13.5. The molecule has 0 atom stereocenters. The minimum Gasteiger partial charge on any atom is -0.364 e. The van der Waals surface area contributed by atoms with E-state index in [1.165, 1.54) is 18.5 Å². The predicted octanol–water partition coefficient (Wildman–Crippen LogP) is 3.55. The van der Waals surface area contributed by atoms with Crippen LogP contribution in [-0.2, 0) is 25.7 Å². The Labute approximate surface area is 173 Å². The van der Waals surface area contributed by atoms with E-state index in [-0.39, 0.29) is 5.69 Å². The monoisotopic (exact) mass is 442 g/mol. The molecule has 0 spiro atoms. The largest absolute Gasteiger partial charge is 0.433 e. The fraction of sp³-hybridized carbons (Fsp3) is 0.368. The molecule has 0 saturated heterocycles. The summed E-state index contributed by atoms with van der Waals surface area (Å²) in [6.07, 6.45) is -1.42. The van der Waals surface area contributed by atoms with Crippen molar-refractivity contribution in [2.75, 3.05) is 0 Å². The summed E-state index contributed by atoms with van der Waals surface area (Å²) < 4.78 is 64.3. The molecule has 12 heteroatoms. The average Bonchev–Trinajstić information content (AvgIpc) is 3.34. The smallest absolute Gasteiger partial charge is 0.364 e. The number of hydrogen-bond donors (Lipinski definition) is 1. The second kappa shape index (κ2) is 9.23. The Kier molecular flexibility index (Phi) is 6.66. The molecule has 166 valence electrons. The average molecular weight is 442 g/mol. The number of rotatable bonds is 4. The highest BCUT2D eigenvalue weighted by molar-refractivity contribution is 5.90. The van der Waals surface area contributed by atoms with Crippen LogP contribution < -0.4 is 5.73 Å². The molecule has 1 aliphatic heterocycles. The van der Waals surface area contributed by atoms with E-state index < -0.39 is 30.7 Å². The maximum absolute atomic E-state index is 12.6. The molecule has 0 radical (unpaired) electrons. The zero-order valence-electron chi connectivity index (χ0n) is 16.2. The molecule has 3 aromatic rings. The first-order chi connectivity index (χ1) is 14.6. The van der Waals surface area contributed by atoms with E-state index in [0.29, 0.717) is 11.3 Å². The highest BCUT2D eigenvalue weighted by Crippen LogP contribution is 2.30. The summed E-state index contributed by atoms with van der Waals surface area (Å²) in [5.74, 6) is -0.756. The molecular formula is C19H19F5N6O. The number of nitrogens with zero attached hydrogens (tertiary/aromatic N) is 5. The lowest BCUT2D eigenvalue weighted by molar-refractivity contribution is -0.141. The molecule has 0 aliphatic carbocycles. The number of carbonyl (C=O) groups excluding carboxylic acids is 1. The summed E-state index contributed by atoms with van der Waals surface area (Å²) in [6, 6.07) is 5.78. The highest BCUT2D eigenvalue weighted by Gasteiger charge is 2.32. The summed E-state index contributed by atoms with van der Waals surface area (Å²) in [6.45, 7) is 0.234. The molecule has 31 heavy (non-hydrogen) atoms. The van der Waals surface area contributed by atoms with Crippen molar-refractivity contribution in [3.63, 3.8) is 0 Å². The third-order valence-electron chi connectivity index (χ3n) is 4.54. The first-order valence-electron chi connectivity index (χ1n) is 9.35. The molecule has 0 unspecified atom stereocenters. The fourth-order valence-electron chi connectivity index (χ4n) is 3.12. The number of primary amides is 1. The molecule has 1 aliphatic rings. The van der Waals surface area contributed by atoms with Gasteiger partial charge in [-0.25, -0.2) is 8.78 Å². The van der Waals surface area contributed by atoms with Gasteiger partial charge in [0.1, 0.15) is 17.9 Å². The van der Waals surface area contributed by atoms with Crippen LogP contribution in [0.25, 0.3) is 11.3 Å². The van der Waals surface area contributed by atoms with E-state index >= 15 is 0 Å². The van der Waals surface area contributed by atoms with Crippen molar-refractivity contribution in [1.82, 2.24) is 24.5 Å².